The summed E-state index contributed by atoms with van der Waals surface area (Å²) < 4.78 is 0. The molecule has 0 radical (unpaired) electrons. The van der Waals surface area contributed by atoms with Crippen LogP contribution in [0.15, 0.2) is 58.8 Å². The van der Waals surface area contributed by atoms with Crippen LogP contribution in [-0.4, -0.2) is 11.4 Å². The third-order valence-electron chi connectivity index (χ3n) is 2.16. The van der Waals surface area contributed by atoms with Crippen molar-refractivity contribution in [2.45, 2.75) is 0 Å². The molecular formula is C13H10N2O2. The average molecular weight is 226 g/mol. The number of benzene rings is 2. The molecule has 17 heavy (non-hydrogen) atoms. The highest BCUT2D eigenvalue weighted by Gasteiger charge is 1.92. The Labute approximate surface area is 98.3 Å². The fraction of sp³-hybridized carbons (Fsp3) is 0. The molecule has 0 aliphatic heterocycles. The largest absolute Gasteiger partial charge is 0.508 e. The summed E-state index contributed by atoms with van der Waals surface area (Å²) in [5.41, 5.74) is 1.93. The zero-order chi connectivity index (χ0) is 12.1. The minimum absolute atomic E-state index is 0.194. The highest BCUT2D eigenvalue weighted by Crippen LogP contribution is 2.20. The van der Waals surface area contributed by atoms with Crippen molar-refractivity contribution in [3.05, 3.63) is 54.1 Å². The molecule has 2 rings (SSSR count). The van der Waals surface area contributed by atoms with Gasteiger partial charge in [-0.25, -0.2) is 0 Å². The molecule has 2 aromatic carbocycles. The molecule has 0 aliphatic carbocycles. The highest BCUT2D eigenvalue weighted by molar-refractivity contribution is 5.75. The Morgan fingerprint density at radius 1 is 0.824 bits per heavy atom. The van der Waals surface area contributed by atoms with E-state index in [4.69, 9.17) is 5.11 Å². The van der Waals surface area contributed by atoms with E-state index in [-0.39, 0.29) is 5.75 Å². The smallest absolute Gasteiger partial charge is 0.150 e. The van der Waals surface area contributed by atoms with E-state index in [9.17, 15) is 4.79 Å². The van der Waals surface area contributed by atoms with Crippen molar-refractivity contribution in [1.82, 2.24) is 0 Å². The van der Waals surface area contributed by atoms with Gasteiger partial charge in [-0.15, -0.1) is 0 Å². The van der Waals surface area contributed by atoms with Crippen LogP contribution in [0, 0.1) is 0 Å². The molecule has 2 aromatic rings. The molecule has 4 heteroatoms. The van der Waals surface area contributed by atoms with Gasteiger partial charge in [0.15, 0.2) is 0 Å². The second-order valence-corrected chi connectivity index (χ2v) is 3.43. The standard InChI is InChI=1S/C13H10N2O2/c16-9-10-1-3-11(4-2-10)14-15-12-5-7-13(17)8-6-12/h1-9,17H/b15-14+. The number of phenolic OH excluding ortho intramolecular Hbond substituents is 1. The first-order valence-corrected chi connectivity index (χ1v) is 5.04. The molecule has 0 unspecified atom stereocenters. The molecule has 0 saturated heterocycles. The summed E-state index contributed by atoms with van der Waals surface area (Å²) in [7, 11) is 0. The summed E-state index contributed by atoms with van der Waals surface area (Å²) in [5.74, 6) is 0.194. The van der Waals surface area contributed by atoms with Gasteiger partial charge in [0.25, 0.3) is 0 Å². The lowest BCUT2D eigenvalue weighted by molar-refractivity contribution is 0.112. The van der Waals surface area contributed by atoms with Crippen molar-refractivity contribution in [2.24, 2.45) is 10.2 Å². The van der Waals surface area contributed by atoms with Crippen LogP contribution in [0.4, 0.5) is 11.4 Å². The molecule has 84 valence electrons. The Bertz CT molecular complexity index is 530. The number of nitrogens with zero attached hydrogens (tertiary/aromatic N) is 2. The van der Waals surface area contributed by atoms with Crippen LogP contribution in [0.2, 0.25) is 0 Å². The van der Waals surface area contributed by atoms with Crippen LogP contribution < -0.4 is 0 Å². The third kappa shape index (κ3) is 2.98. The number of phenols is 1. The van der Waals surface area contributed by atoms with E-state index < -0.39 is 0 Å². The highest BCUT2D eigenvalue weighted by atomic mass is 16.3. The summed E-state index contributed by atoms with van der Waals surface area (Å²) in [6, 6.07) is 13.2. The van der Waals surface area contributed by atoms with Crippen molar-refractivity contribution < 1.29 is 9.90 Å². The molecule has 0 fully saturated rings. The summed E-state index contributed by atoms with van der Waals surface area (Å²) >= 11 is 0. The van der Waals surface area contributed by atoms with Crippen LogP contribution in [0.1, 0.15) is 10.4 Å². The second-order valence-electron chi connectivity index (χ2n) is 3.43. The topological polar surface area (TPSA) is 62.0 Å². The number of aromatic hydroxyl groups is 1. The lowest BCUT2D eigenvalue weighted by Gasteiger charge is -1.94. The van der Waals surface area contributed by atoms with Crippen LogP contribution in [0.3, 0.4) is 0 Å². The number of aldehydes is 1. The maximum absolute atomic E-state index is 10.5. The monoisotopic (exact) mass is 226 g/mol. The van der Waals surface area contributed by atoms with E-state index in [2.05, 4.69) is 10.2 Å². The van der Waals surface area contributed by atoms with Gasteiger partial charge in [-0.1, -0.05) is 0 Å². The molecule has 0 aromatic heterocycles. The molecule has 0 heterocycles. The Hall–Kier alpha value is -2.49. The Balaban J connectivity index is 2.14. The normalized spacial score (nSPS) is 10.6. The molecule has 0 saturated carbocycles. The van der Waals surface area contributed by atoms with E-state index in [1.165, 1.54) is 0 Å². The van der Waals surface area contributed by atoms with E-state index >= 15 is 0 Å². The summed E-state index contributed by atoms with van der Waals surface area (Å²) in [6.07, 6.45) is 0.779. The zero-order valence-corrected chi connectivity index (χ0v) is 8.95. The van der Waals surface area contributed by atoms with E-state index in [1.807, 2.05) is 0 Å². The molecule has 0 atom stereocenters. The van der Waals surface area contributed by atoms with Gasteiger partial charge in [-0.05, 0) is 48.5 Å². The van der Waals surface area contributed by atoms with Gasteiger partial charge >= 0.3 is 0 Å². The van der Waals surface area contributed by atoms with Crippen molar-refractivity contribution in [3.63, 3.8) is 0 Å². The number of carbonyl (C=O) groups is 1. The number of rotatable bonds is 3. The SMILES string of the molecule is O=Cc1ccc(/N=N/c2ccc(O)cc2)cc1. The Morgan fingerprint density at radius 2 is 1.29 bits per heavy atom. The predicted octanol–water partition coefficient (Wildman–Crippen LogP) is 3.62. The Kier molecular flexibility index (Phi) is 3.25. The zero-order valence-electron chi connectivity index (χ0n) is 8.95. The van der Waals surface area contributed by atoms with Crippen LogP contribution in [-0.2, 0) is 0 Å². The molecular weight excluding hydrogens is 216 g/mol. The van der Waals surface area contributed by atoms with Crippen molar-refractivity contribution >= 4 is 17.7 Å². The van der Waals surface area contributed by atoms with Gasteiger partial charge < -0.3 is 5.11 Å². The maximum Gasteiger partial charge on any atom is 0.150 e. The minimum atomic E-state index is 0.194. The molecule has 0 aliphatic rings. The van der Waals surface area contributed by atoms with E-state index in [0.717, 1.165) is 6.29 Å². The fourth-order valence-corrected chi connectivity index (χ4v) is 1.25. The minimum Gasteiger partial charge on any atom is -0.508 e. The Morgan fingerprint density at radius 3 is 1.76 bits per heavy atom. The second kappa shape index (κ2) is 5.03. The first-order valence-electron chi connectivity index (χ1n) is 5.04. The van der Waals surface area contributed by atoms with E-state index in [0.29, 0.717) is 16.9 Å². The van der Waals surface area contributed by atoms with Gasteiger partial charge in [0.1, 0.15) is 12.0 Å². The van der Waals surface area contributed by atoms with Crippen LogP contribution in [0.25, 0.3) is 0 Å². The first-order chi connectivity index (χ1) is 8.28. The van der Waals surface area contributed by atoms with Gasteiger partial charge in [0.2, 0.25) is 0 Å². The van der Waals surface area contributed by atoms with Crippen molar-refractivity contribution in [3.8, 4) is 5.75 Å². The van der Waals surface area contributed by atoms with Crippen LogP contribution >= 0.6 is 0 Å². The number of carbonyl (C=O) groups excluding carboxylic acids is 1. The number of hydrogen-bond donors (Lipinski definition) is 1. The first kappa shape index (κ1) is 11.0. The van der Waals surface area contributed by atoms with Gasteiger partial charge in [0, 0.05) is 5.56 Å². The summed E-state index contributed by atoms with van der Waals surface area (Å²) in [6.45, 7) is 0. The number of hydrogen-bond acceptors (Lipinski definition) is 4. The summed E-state index contributed by atoms with van der Waals surface area (Å²) in [5, 5.41) is 17.1. The molecule has 1 N–H and O–H groups in total. The lowest BCUT2D eigenvalue weighted by atomic mass is 10.2. The molecule has 0 bridgehead atoms. The summed E-state index contributed by atoms with van der Waals surface area (Å²) in [4.78, 5) is 10.5. The lowest BCUT2D eigenvalue weighted by Crippen LogP contribution is -1.75. The van der Waals surface area contributed by atoms with Crippen molar-refractivity contribution in [2.75, 3.05) is 0 Å². The van der Waals surface area contributed by atoms with Gasteiger partial charge in [0.05, 0.1) is 11.4 Å². The number of azo groups is 1. The van der Waals surface area contributed by atoms with Crippen molar-refractivity contribution in [1.29, 1.82) is 0 Å². The van der Waals surface area contributed by atoms with Gasteiger partial charge in [-0.3, -0.25) is 4.79 Å². The third-order valence-corrected chi connectivity index (χ3v) is 2.16. The maximum atomic E-state index is 10.5. The van der Waals surface area contributed by atoms with E-state index in [1.54, 1.807) is 48.5 Å². The molecule has 0 amide bonds. The molecule has 4 nitrogen and oxygen atoms in total. The predicted molar refractivity (Wildman–Crippen MR) is 64.1 cm³/mol. The van der Waals surface area contributed by atoms with Gasteiger partial charge in [-0.2, -0.15) is 10.2 Å². The van der Waals surface area contributed by atoms with Crippen LogP contribution in [0.5, 0.6) is 5.75 Å². The quantitative estimate of drug-likeness (QED) is 0.641. The molecule has 0 spiro atoms. The average Bonchev–Trinajstić information content (AvgIpc) is 2.39. The fourth-order valence-electron chi connectivity index (χ4n) is 1.25.